The number of nitro groups is 1. The van der Waals surface area contributed by atoms with Crippen molar-refractivity contribution in [2.45, 2.75) is 19.9 Å². The molecular weight excluding hydrogens is 270 g/mol. The Morgan fingerprint density at radius 3 is 3.00 bits per heavy atom. The van der Waals surface area contributed by atoms with Crippen LogP contribution in [0.15, 0.2) is 29.4 Å². The van der Waals surface area contributed by atoms with E-state index in [9.17, 15) is 10.1 Å². The highest BCUT2D eigenvalue weighted by Crippen LogP contribution is 2.10. The van der Waals surface area contributed by atoms with E-state index in [1.807, 2.05) is 19.1 Å². The van der Waals surface area contributed by atoms with E-state index in [4.69, 9.17) is 11.6 Å². The second-order valence-corrected chi connectivity index (χ2v) is 4.31. The van der Waals surface area contributed by atoms with Crippen LogP contribution in [-0.2, 0) is 13.0 Å². The number of nitrogens with one attached hydrogen (secondary N) is 1. The van der Waals surface area contributed by atoms with Crippen LogP contribution in [0.4, 0.5) is 0 Å². The Labute approximate surface area is 113 Å². The van der Waals surface area contributed by atoms with Crippen molar-refractivity contribution >= 4 is 11.6 Å². The van der Waals surface area contributed by atoms with Crippen LogP contribution in [0, 0.1) is 10.1 Å². The Kier molecular flexibility index (Phi) is 3.96. The Balaban J connectivity index is 2.39. The third kappa shape index (κ3) is 3.41. The maximum atomic E-state index is 10.5. The first kappa shape index (κ1) is 13.3. The van der Waals surface area contributed by atoms with Gasteiger partial charge in [-0.25, -0.2) is 14.8 Å². The molecule has 0 atom stereocenters. The van der Waals surface area contributed by atoms with Crippen LogP contribution in [-0.4, -0.2) is 19.8 Å². The SMILES string of the molecule is CCc1n/c(=N\[N+](=O)[O-])n(Cc2cccc(Cl)c2)[nH]1. The third-order valence-electron chi connectivity index (χ3n) is 2.48. The Hall–Kier alpha value is -2.15. The summed E-state index contributed by atoms with van der Waals surface area (Å²) in [5.74, 6) is 0.641. The summed E-state index contributed by atoms with van der Waals surface area (Å²) >= 11 is 5.90. The predicted octanol–water partition coefficient (Wildman–Crippen LogP) is 1.57. The van der Waals surface area contributed by atoms with Crippen molar-refractivity contribution in [3.8, 4) is 0 Å². The number of hydrogen-bond donors (Lipinski definition) is 1. The molecule has 1 aromatic heterocycles. The van der Waals surface area contributed by atoms with Crippen LogP contribution in [0.1, 0.15) is 18.3 Å². The van der Waals surface area contributed by atoms with Gasteiger partial charge in [0.2, 0.25) is 0 Å². The van der Waals surface area contributed by atoms with Crippen molar-refractivity contribution in [1.82, 2.24) is 14.8 Å². The number of aromatic amines is 1. The quantitative estimate of drug-likeness (QED) is 0.681. The number of H-pyrrole nitrogens is 1. The van der Waals surface area contributed by atoms with E-state index >= 15 is 0 Å². The van der Waals surface area contributed by atoms with Gasteiger partial charge in [0.05, 0.1) is 6.54 Å². The van der Waals surface area contributed by atoms with Gasteiger partial charge in [-0.2, -0.15) is 4.98 Å². The van der Waals surface area contributed by atoms with E-state index in [1.165, 1.54) is 4.68 Å². The molecule has 0 saturated carbocycles. The Morgan fingerprint density at radius 1 is 1.58 bits per heavy atom. The van der Waals surface area contributed by atoms with Gasteiger partial charge in [-0.3, -0.25) is 5.10 Å². The van der Waals surface area contributed by atoms with Gasteiger partial charge in [0.25, 0.3) is 0 Å². The fourth-order valence-electron chi connectivity index (χ4n) is 1.65. The summed E-state index contributed by atoms with van der Waals surface area (Å²) in [6.07, 6.45) is 0.642. The summed E-state index contributed by atoms with van der Waals surface area (Å²) in [6.45, 7) is 2.29. The lowest BCUT2D eigenvalue weighted by molar-refractivity contribution is -0.491. The molecule has 0 spiro atoms. The van der Waals surface area contributed by atoms with Gasteiger partial charge in [-0.1, -0.05) is 30.7 Å². The number of nitrogens with zero attached hydrogens (tertiary/aromatic N) is 4. The molecule has 100 valence electrons. The van der Waals surface area contributed by atoms with Crippen LogP contribution in [0.2, 0.25) is 5.02 Å². The summed E-state index contributed by atoms with van der Waals surface area (Å²) < 4.78 is 1.52. The van der Waals surface area contributed by atoms with Crippen molar-refractivity contribution in [2.75, 3.05) is 0 Å². The monoisotopic (exact) mass is 281 g/mol. The summed E-state index contributed by atoms with van der Waals surface area (Å²) in [5.41, 5.74) is 0.949. The number of hydrogen-bond acceptors (Lipinski definition) is 3. The lowest BCUT2D eigenvalue weighted by Gasteiger charge is -2.02. The molecule has 0 amide bonds. The van der Waals surface area contributed by atoms with E-state index in [-0.39, 0.29) is 5.62 Å². The van der Waals surface area contributed by atoms with E-state index in [2.05, 4.69) is 15.2 Å². The number of aromatic nitrogens is 3. The highest BCUT2D eigenvalue weighted by molar-refractivity contribution is 6.30. The predicted molar refractivity (Wildman–Crippen MR) is 69.1 cm³/mol. The number of aryl methyl sites for hydroxylation is 1. The first-order valence-corrected chi connectivity index (χ1v) is 6.05. The molecule has 7 nitrogen and oxygen atoms in total. The molecule has 1 aromatic carbocycles. The van der Waals surface area contributed by atoms with Gasteiger partial charge in [0.1, 0.15) is 10.9 Å². The summed E-state index contributed by atoms with van der Waals surface area (Å²) in [4.78, 5) is 14.5. The number of benzene rings is 1. The maximum Gasteiger partial charge on any atom is 0.318 e. The molecule has 2 rings (SSSR count). The van der Waals surface area contributed by atoms with Crippen LogP contribution < -0.4 is 5.62 Å². The van der Waals surface area contributed by atoms with E-state index in [1.54, 1.807) is 12.1 Å². The van der Waals surface area contributed by atoms with E-state index in [0.717, 1.165) is 5.56 Å². The van der Waals surface area contributed by atoms with Crippen molar-refractivity contribution in [2.24, 2.45) is 5.10 Å². The molecular formula is C11H12ClN5O2. The standard InChI is InChI=1S/C11H12ClN5O2/c1-2-10-13-11(15-17(18)19)16(14-10)7-8-4-3-5-9(12)6-8/h3-6H,2,7H2,1H3,(H,13,14,15). The lowest BCUT2D eigenvalue weighted by atomic mass is 10.2. The maximum absolute atomic E-state index is 10.5. The van der Waals surface area contributed by atoms with Crippen molar-refractivity contribution in [3.05, 3.63) is 56.4 Å². The van der Waals surface area contributed by atoms with Crippen LogP contribution in [0.25, 0.3) is 0 Å². The zero-order valence-corrected chi connectivity index (χ0v) is 11.0. The zero-order valence-electron chi connectivity index (χ0n) is 10.2. The Bertz CT molecular complexity index is 661. The second-order valence-electron chi connectivity index (χ2n) is 3.88. The molecule has 0 aliphatic carbocycles. The second kappa shape index (κ2) is 5.66. The molecule has 0 bridgehead atoms. The summed E-state index contributed by atoms with van der Waals surface area (Å²) in [7, 11) is 0. The molecule has 8 heteroatoms. The molecule has 0 saturated heterocycles. The Morgan fingerprint density at radius 2 is 2.37 bits per heavy atom. The highest BCUT2D eigenvalue weighted by atomic mass is 35.5. The summed E-state index contributed by atoms with van der Waals surface area (Å²) in [5, 5.41) is 16.6. The number of rotatable bonds is 4. The van der Waals surface area contributed by atoms with Crippen LogP contribution in [0.3, 0.4) is 0 Å². The van der Waals surface area contributed by atoms with Crippen molar-refractivity contribution in [1.29, 1.82) is 0 Å². The molecule has 0 unspecified atom stereocenters. The molecule has 1 N–H and O–H groups in total. The molecule has 0 aliphatic heterocycles. The van der Waals surface area contributed by atoms with Crippen molar-refractivity contribution in [3.63, 3.8) is 0 Å². The molecule has 0 radical (unpaired) electrons. The van der Waals surface area contributed by atoms with Crippen LogP contribution in [0.5, 0.6) is 0 Å². The van der Waals surface area contributed by atoms with Crippen LogP contribution >= 0.6 is 11.6 Å². The molecule has 1 heterocycles. The van der Waals surface area contributed by atoms with Gasteiger partial charge in [-0.05, 0) is 17.7 Å². The first-order valence-electron chi connectivity index (χ1n) is 5.67. The van der Waals surface area contributed by atoms with Gasteiger partial charge >= 0.3 is 5.62 Å². The minimum atomic E-state index is -0.760. The molecule has 2 aromatic rings. The average Bonchev–Trinajstić information content (AvgIpc) is 2.71. The van der Waals surface area contributed by atoms with Crippen molar-refractivity contribution < 1.29 is 5.03 Å². The van der Waals surface area contributed by atoms with Gasteiger partial charge in [-0.15, -0.1) is 0 Å². The van der Waals surface area contributed by atoms with Gasteiger partial charge in [0.15, 0.2) is 5.03 Å². The van der Waals surface area contributed by atoms with Gasteiger partial charge < -0.3 is 0 Å². The minimum absolute atomic E-state index is 0.0434. The molecule has 0 aliphatic rings. The zero-order chi connectivity index (χ0) is 13.8. The topological polar surface area (TPSA) is 89.1 Å². The van der Waals surface area contributed by atoms with E-state index < -0.39 is 5.03 Å². The lowest BCUT2D eigenvalue weighted by Crippen LogP contribution is -2.22. The largest absolute Gasteiger partial charge is 0.318 e. The average molecular weight is 282 g/mol. The smallest absolute Gasteiger partial charge is 0.282 e. The molecule has 0 fully saturated rings. The fraction of sp³-hybridized carbons (Fsp3) is 0.273. The van der Waals surface area contributed by atoms with E-state index in [0.29, 0.717) is 23.8 Å². The summed E-state index contributed by atoms with van der Waals surface area (Å²) in [6, 6.07) is 7.25. The minimum Gasteiger partial charge on any atom is -0.282 e. The fourth-order valence-corrected chi connectivity index (χ4v) is 1.86. The molecule has 19 heavy (non-hydrogen) atoms. The third-order valence-corrected chi connectivity index (χ3v) is 2.71. The number of halogens is 1. The highest BCUT2D eigenvalue weighted by Gasteiger charge is 2.06. The normalized spacial score (nSPS) is 11.8. The van der Waals surface area contributed by atoms with Gasteiger partial charge in [0, 0.05) is 11.4 Å². The first-order chi connectivity index (χ1) is 9.08.